The first-order valence-electron chi connectivity index (χ1n) is 30.7. The van der Waals surface area contributed by atoms with E-state index in [0.717, 1.165) is 5.56 Å². The van der Waals surface area contributed by atoms with Crippen molar-refractivity contribution in [1.82, 2.24) is 58.5 Å². The highest BCUT2D eigenvalue weighted by atomic mass is 16.5. The maximum absolute atomic E-state index is 14.5. The fourth-order valence-electron chi connectivity index (χ4n) is 9.26. The molecule has 1 aromatic carbocycles. The van der Waals surface area contributed by atoms with E-state index in [0.29, 0.717) is 32.1 Å². The van der Waals surface area contributed by atoms with Crippen LogP contribution in [0.1, 0.15) is 133 Å². The molecule has 1 fully saturated rings. The van der Waals surface area contributed by atoms with Crippen molar-refractivity contribution in [3.05, 3.63) is 35.9 Å². The largest absolute Gasteiger partial charge is 0.458 e. The van der Waals surface area contributed by atoms with Gasteiger partial charge >= 0.3 is 5.97 Å². The van der Waals surface area contributed by atoms with Crippen LogP contribution in [-0.4, -0.2) is 181 Å². The molecule has 0 radical (unpaired) electrons. The molecule has 1 heterocycles. The van der Waals surface area contributed by atoms with Crippen LogP contribution < -0.4 is 81.4 Å². The third-order valence-corrected chi connectivity index (χ3v) is 15.9. The molecule has 30 heteroatoms. The smallest absolute Gasteiger partial charge is 0.329 e. The van der Waals surface area contributed by atoms with Crippen molar-refractivity contribution in [2.45, 2.75) is 207 Å². The molecule has 0 unspecified atom stereocenters. The van der Waals surface area contributed by atoms with Crippen LogP contribution in [-0.2, 0) is 63.9 Å². The number of nitrogens with zero attached hydrogens (tertiary/aromatic N) is 2. The number of nitrogens with two attached hydrogens (primary N) is 4. The highest BCUT2D eigenvalue weighted by Crippen LogP contribution is 2.17. The lowest BCUT2D eigenvalue weighted by molar-refractivity contribution is -0.157. The van der Waals surface area contributed by atoms with Gasteiger partial charge in [0.05, 0.1) is 12.6 Å². The van der Waals surface area contributed by atoms with E-state index in [1.807, 2.05) is 37.3 Å². The number of aliphatic hydroxyl groups is 1. The summed E-state index contributed by atoms with van der Waals surface area (Å²) < 4.78 is 5.75. The molecule has 89 heavy (non-hydrogen) atoms. The SMILES string of the molecule is CC[C@H](C)[C@H](NC(=O)[C@@H](Cc1ccccc1)NC)C(=O)N[C@@H](CO)C(=O)N[C@H](CCCN=C(N)N)C(=O)N[C@@H](C(=O)N[C@H](C(=O)N[C@@H](C)C(=O)N[C@H]1C(=O)N[C@@H](C)C(=O)N[C@@H](CCCN=C(N)N)C(=O)N[C@@H]([C@@H](C)CC)C(=O)O[C@H]1C)[C@@H](C)CC)[C@@H](C)CC. The number of esters is 1. The number of carbonyl (C=O) groups excluding carboxylic acids is 11. The second-order valence-electron chi connectivity index (χ2n) is 22.9. The lowest BCUT2D eigenvalue weighted by atomic mass is 9.94. The molecule has 500 valence electrons. The quantitative estimate of drug-likeness (QED) is 0.0141. The predicted molar refractivity (Wildman–Crippen MR) is 334 cm³/mol. The Balaban J connectivity index is 2.41. The number of likely N-dealkylation sites (N-methyl/N-ethyl adjacent to an activating group) is 1. The van der Waals surface area contributed by atoms with Gasteiger partial charge in [-0.15, -0.1) is 0 Å². The maximum atomic E-state index is 14.5. The van der Waals surface area contributed by atoms with Gasteiger partial charge in [0.2, 0.25) is 59.1 Å². The molecule has 0 saturated carbocycles. The molecule has 0 aliphatic carbocycles. The molecule has 1 saturated heterocycles. The van der Waals surface area contributed by atoms with Crippen molar-refractivity contribution in [2.24, 2.45) is 56.6 Å². The van der Waals surface area contributed by atoms with E-state index >= 15 is 0 Å². The van der Waals surface area contributed by atoms with E-state index in [2.05, 4.69) is 68.5 Å². The number of guanidine groups is 2. The first-order valence-corrected chi connectivity index (χ1v) is 30.7. The van der Waals surface area contributed by atoms with Gasteiger partial charge in [-0.25, -0.2) is 4.79 Å². The monoisotopic (exact) mass is 1260 g/mol. The first-order chi connectivity index (χ1) is 42.0. The third kappa shape index (κ3) is 25.5. The number of aliphatic hydroxyl groups excluding tert-OH is 1. The molecule has 1 aliphatic rings. The molecule has 2 rings (SSSR count). The first kappa shape index (κ1) is 76.9. The molecular weight excluding hydrogens is 1150 g/mol. The predicted octanol–water partition coefficient (Wildman–Crippen LogP) is -3.07. The topological polar surface area (TPSA) is 478 Å². The minimum atomic E-state index is -1.66. The van der Waals surface area contributed by atoms with E-state index in [-0.39, 0.29) is 50.7 Å². The Morgan fingerprint density at radius 1 is 0.584 bits per heavy atom. The molecule has 16 atom stereocenters. The Kier molecular flexibility index (Phi) is 33.7. The van der Waals surface area contributed by atoms with Gasteiger partial charge < -0.3 is 91.3 Å². The van der Waals surface area contributed by atoms with Crippen LogP contribution in [0.4, 0.5) is 0 Å². The average Bonchev–Trinajstić information content (AvgIpc) is 3.60. The number of carbonyl (C=O) groups is 11. The van der Waals surface area contributed by atoms with Gasteiger partial charge in [-0.3, -0.25) is 57.9 Å². The molecule has 0 bridgehead atoms. The van der Waals surface area contributed by atoms with Crippen molar-refractivity contribution in [2.75, 3.05) is 26.7 Å². The fraction of sp³-hybridized carbons (Fsp3) is 0.678. The highest BCUT2D eigenvalue weighted by molar-refractivity contribution is 5.99. The molecule has 0 spiro atoms. The van der Waals surface area contributed by atoms with Gasteiger partial charge in [-0.2, -0.15) is 0 Å². The number of hydrogen-bond donors (Lipinski definition) is 16. The summed E-state index contributed by atoms with van der Waals surface area (Å²) in [5, 5.41) is 39.7. The van der Waals surface area contributed by atoms with E-state index in [1.54, 1.807) is 55.5 Å². The van der Waals surface area contributed by atoms with E-state index in [1.165, 1.54) is 20.8 Å². The van der Waals surface area contributed by atoms with Crippen LogP contribution in [0.2, 0.25) is 0 Å². The molecule has 0 aromatic heterocycles. The van der Waals surface area contributed by atoms with Gasteiger partial charge in [0.25, 0.3) is 0 Å². The number of ether oxygens (including phenoxy) is 1. The summed E-state index contributed by atoms with van der Waals surface area (Å²) >= 11 is 0. The molecular formula is C59H101N17O13. The van der Waals surface area contributed by atoms with Crippen LogP contribution in [0.25, 0.3) is 0 Å². The van der Waals surface area contributed by atoms with E-state index in [9.17, 15) is 57.8 Å². The molecule has 20 N–H and O–H groups in total. The molecule has 10 amide bonds. The van der Waals surface area contributed by atoms with Gasteiger partial charge in [-0.1, -0.05) is 111 Å². The van der Waals surface area contributed by atoms with Crippen LogP contribution >= 0.6 is 0 Å². The number of rotatable bonds is 34. The number of nitrogens with one attached hydrogen (secondary N) is 11. The summed E-state index contributed by atoms with van der Waals surface area (Å²) in [6.45, 7) is 17.1. The van der Waals surface area contributed by atoms with Gasteiger partial charge in [0, 0.05) is 13.1 Å². The van der Waals surface area contributed by atoms with Crippen LogP contribution in [0.3, 0.4) is 0 Å². The Hall–Kier alpha value is -8.15. The van der Waals surface area contributed by atoms with Crippen molar-refractivity contribution < 1.29 is 62.6 Å². The molecule has 30 nitrogen and oxygen atoms in total. The standard InChI is InChI=1S/C59H101N17O13/c1-13-30(5)42(53(84)67-35(10)48(79)76-46-36(11)89-57(88)45(33(8)16-4)75-50(81)38(24-20-26-65-58(60)61)69-47(78)34(9)68-56(46)87)74-55(86)44(32(7)15-3)72-49(80)39(25-21-27-66-59(62)63)70-52(83)41(29-77)71-54(85)43(31(6)14-2)73-51(82)40(64-12)28-37-22-18-17-19-23-37/h17-19,22-23,30-36,38-46,64,77H,13-16,20-21,24-29H2,1-12H3,(H,67,84)(H,68,87)(H,69,78)(H,70,83)(H,71,85)(H,72,80)(H,73,82)(H,74,86)(H,75,81)(H,76,79)(H4,60,61,65)(H4,62,63,66)/t30-,31-,32-,33-,34-,35-,36-,38-,39+,40+,41-,42-,43-,44+,45-,46+/m0/s1. The number of cyclic esters (lactones) is 1. The summed E-state index contributed by atoms with van der Waals surface area (Å²) in [7, 11) is 1.61. The fourth-order valence-corrected chi connectivity index (χ4v) is 9.26. The second kappa shape index (κ2) is 39.0. The molecule has 1 aliphatic heterocycles. The minimum absolute atomic E-state index is 0.0249. The highest BCUT2D eigenvalue weighted by Gasteiger charge is 2.40. The van der Waals surface area contributed by atoms with Crippen molar-refractivity contribution in [1.29, 1.82) is 0 Å². The lowest BCUT2D eigenvalue weighted by Crippen LogP contribution is -2.62. The van der Waals surface area contributed by atoms with Gasteiger partial charge in [0.1, 0.15) is 66.5 Å². The van der Waals surface area contributed by atoms with Crippen LogP contribution in [0, 0.1) is 23.7 Å². The Morgan fingerprint density at radius 2 is 1.07 bits per heavy atom. The zero-order valence-electron chi connectivity index (χ0n) is 53.7. The van der Waals surface area contributed by atoms with E-state index in [4.69, 9.17) is 27.7 Å². The number of hydrogen-bond acceptors (Lipinski definition) is 16. The summed E-state index contributed by atoms with van der Waals surface area (Å²) in [5.41, 5.74) is 22.8. The summed E-state index contributed by atoms with van der Waals surface area (Å²) in [5.74, 6) is -11.5. The normalized spacial score (nSPS) is 20.9. The zero-order valence-corrected chi connectivity index (χ0v) is 53.7. The summed E-state index contributed by atoms with van der Waals surface area (Å²) in [6, 6.07) is -5.11. The van der Waals surface area contributed by atoms with Crippen molar-refractivity contribution in [3.63, 3.8) is 0 Å². The van der Waals surface area contributed by atoms with Crippen LogP contribution in [0.15, 0.2) is 40.3 Å². The Bertz CT molecular complexity index is 2590. The zero-order chi connectivity index (χ0) is 67.2. The second-order valence-corrected chi connectivity index (χ2v) is 22.9. The van der Waals surface area contributed by atoms with Crippen molar-refractivity contribution >= 4 is 77.0 Å². The Labute approximate surface area is 522 Å². The Morgan fingerprint density at radius 3 is 1.57 bits per heavy atom. The third-order valence-electron chi connectivity index (χ3n) is 15.9. The minimum Gasteiger partial charge on any atom is -0.458 e. The average molecular weight is 1260 g/mol. The summed E-state index contributed by atoms with van der Waals surface area (Å²) in [6.07, 6.45) is 0.724. The van der Waals surface area contributed by atoms with Crippen molar-refractivity contribution in [3.8, 4) is 0 Å². The van der Waals surface area contributed by atoms with Gasteiger partial charge in [0.15, 0.2) is 11.9 Å². The maximum Gasteiger partial charge on any atom is 0.329 e. The number of aliphatic imine (C=N–C) groups is 2. The van der Waals surface area contributed by atoms with Crippen LogP contribution in [0.5, 0.6) is 0 Å². The lowest BCUT2D eigenvalue weighted by Gasteiger charge is -2.31. The molecule has 1 aromatic rings. The summed E-state index contributed by atoms with van der Waals surface area (Å²) in [4.78, 5) is 162. The number of amides is 10. The number of benzene rings is 1. The van der Waals surface area contributed by atoms with E-state index < -0.39 is 168 Å². The van der Waals surface area contributed by atoms with Gasteiger partial charge in [-0.05, 0) is 89.2 Å².